The summed E-state index contributed by atoms with van der Waals surface area (Å²) >= 11 is 0. The van der Waals surface area contributed by atoms with Crippen molar-refractivity contribution in [3.8, 4) is 22.5 Å². The van der Waals surface area contributed by atoms with E-state index in [4.69, 9.17) is 4.98 Å². The van der Waals surface area contributed by atoms with E-state index >= 15 is 0 Å². The Bertz CT molecular complexity index is 1050. The molecule has 1 heteroatoms. The quantitative estimate of drug-likeness (QED) is 0.389. The molecule has 4 rings (SSSR count). The van der Waals surface area contributed by atoms with Gasteiger partial charge in [-0.05, 0) is 33.9 Å². The lowest BCUT2D eigenvalue weighted by Gasteiger charge is -2.21. The number of rotatable bonds is 2. The molecule has 26 heavy (non-hydrogen) atoms. The van der Waals surface area contributed by atoms with Gasteiger partial charge >= 0.3 is 0 Å². The Kier molecular flexibility index (Phi) is 4.08. The Morgan fingerprint density at radius 1 is 0.654 bits per heavy atom. The van der Waals surface area contributed by atoms with Crippen molar-refractivity contribution in [1.82, 2.24) is 4.98 Å². The van der Waals surface area contributed by atoms with E-state index in [0.29, 0.717) is 0 Å². The average molecular weight is 337 g/mol. The van der Waals surface area contributed by atoms with Crippen LogP contribution in [0.1, 0.15) is 26.3 Å². The number of hydrogen-bond donors (Lipinski definition) is 0. The predicted molar refractivity (Wildman–Crippen MR) is 111 cm³/mol. The first-order chi connectivity index (χ1) is 12.5. The minimum atomic E-state index is 0.0613. The zero-order valence-corrected chi connectivity index (χ0v) is 15.5. The van der Waals surface area contributed by atoms with Crippen LogP contribution in [-0.4, -0.2) is 4.98 Å². The molecule has 0 aliphatic carbocycles. The summed E-state index contributed by atoms with van der Waals surface area (Å²) in [5, 5.41) is 2.49. The molecule has 0 saturated heterocycles. The van der Waals surface area contributed by atoms with E-state index < -0.39 is 0 Å². The third kappa shape index (κ3) is 3.13. The minimum Gasteiger partial charge on any atom is -0.248 e. The highest BCUT2D eigenvalue weighted by molar-refractivity contribution is 5.96. The normalized spacial score (nSPS) is 11.7. The van der Waals surface area contributed by atoms with Crippen molar-refractivity contribution in [1.29, 1.82) is 0 Å². The van der Waals surface area contributed by atoms with Crippen molar-refractivity contribution in [3.05, 3.63) is 90.5 Å². The summed E-state index contributed by atoms with van der Waals surface area (Å²) in [6, 6.07) is 29.9. The highest BCUT2D eigenvalue weighted by atomic mass is 14.7. The highest BCUT2D eigenvalue weighted by Crippen LogP contribution is 2.33. The molecule has 0 radical (unpaired) electrons. The molecule has 0 fully saturated rings. The minimum absolute atomic E-state index is 0.0613. The van der Waals surface area contributed by atoms with Gasteiger partial charge in [0.15, 0.2) is 0 Å². The monoisotopic (exact) mass is 337 g/mol. The van der Waals surface area contributed by atoms with Crippen molar-refractivity contribution in [2.75, 3.05) is 0 Å². The standard InChI is InChI=1S/C25H23N/c1-25(2,3)20-16-23(19-11-5-4-6-12-19)26-24(17-20)22-15-9-13-18-10-7-8-14-21(18)22/h4-17H,1-3H3. The number of pyridine rings is 1. The average Bonchev–Trinajstić information content (AvgIpc) is 2.67. The molecule has 128 valence electrons. The van der Waals surface area contributed by atoms with E-state index in [2.05, 4.69) is 99.6 Å². The Morgan fingerprint density at radius 3 is 2.08 bits per heavy atom. The van der Waals surface area contributed by atoms with Gasteiger partial charge in [0.2, 0.25) is 0 Å². The molecule has 4 aromatic rings. The van der Waals surface area contributed by atoms with Gasteiger partial charge in [-0.15, -0.1) is 0 Å². The zero-order valence-electron chi connectivity index (χ0n) is 15.5. The lowest BCUT2D eigenvalue weighted by molar-refractivity contribution is 0.590. The second-order valence-electron chi connectivity index (χ2n) is 7.77. The van der Waals surface area contributed by atoms with Gasteiger partial charge in [0.05, 0.1) is 11.4 Å². The summed E-state index contributed by atoms with van der Waals surface area (Å²) in [6.45, 7) is 6.76. The van der Waals surface area contributed by atoms with E-state index in [9.17, 15) is 0 Å². The fourth-order valence-corrected chi connectivity index (χ4v) is 3.31. The molecule has 3 aromatic carbocycles. The molecule has 1 aromatic heterocycles. The summed E-state index contributed by atoms with van der Waals surface area (Å²) in [5.74, 6) is 0. The maximum atomic E-state index is 5.04. The van der Waals surface area contributed by atoms with Crippen LogP contribution >= 0.6 is 0 Å². The molecule has 0 unspecified atom stereocenters. The van der Waals surface area contributed by atoms with Crippen LogP contribution in [0.3, 0.4) is 0 Å². The van der Waals surface area contributed by atoms with Gasteiger partial charge in [-0.2, -0.15) is 0 Å². The topological polar surface area (TPSA) is 12.9 Å². The second kappa shape index (κ2) is 6.42. The summed E-state index contributed by atoms with van der Waals surface area (Å²) in [5.41, 5.74) is 5.76. The van der Waals surface area contributed by atoms with Gasteiger partial charge in [-0.1, -0.05) is 93.6 Å². The van der Waals surface area contributed by atoms with Crippen molar-refractivity contribution in [2.45, 2.75) is 26.2 Å². The van der Waals surface area contributed by atoms with Gasteiger partial charge in [-0.3, -0.25) is 0 Å². The Morgan fingerprint density at radius 2 is 1.31 bits per heavy atom. The molecule has 0 aliphatic heterocycles. The number of aromatic nitrogens is 1. The zero-order chi connectivity index (χ0) is 18.1. The van der Waals surface area contributed by atoms with Gasteiger partial charge in [0.1, 0.15) is 0 Å². The van der Waals surface area contributed by atoms with E-state index in [1.54, 1.807) is 0 Å². The van der Waals surface area contributed by atoms with Crippen LogP contribution in [0.25, 0.3) is 33.3 Å². The highest BCUT2D eigenvalue weighted by Gasteiger charge is 2.18. The molecular weight excluding hydrogens is 314 g/mol. The number of nitrogens with zero attached hydrogens (tertiary/aromatic N) is 1. The Balaban J connectivity index is 1.99. The largest absolute Gasteiger partial charge is 0.248 e. The maximum Gasteiger partial charge on any atom is 0.0718 e. The lowest BCUT2D eigenvalue weighted by Crippen LogP contribution is -2.12. The fourth-order valence-electron chi connectivity index (χ4n) is 3.31. The maximum absolute atomic E-state index is 5.04. The van der Waals surface area contributed by atoms with E-state index in [1.807, 2.05) is 6.07 Å². The Hall–Kier alpha value is -2.93. The summed E-state index contributed by atoms with van der Waals surface area (Å²) in [6.07, 6.45) is 0. The molecule has 1 heterocycles. The molecule has 0 saturated carbocycles. The van der Waals surface area contributed by atoms with Crippen LogP contribution in [0, 0.1) is 0 Å². The van der Waals surface area contributed by atoms with Crippen molar-refractivity contribution >= 4 is 10.8 Å². The smallest absolute Gasteiger partial charge is 0.0718 e. The molecule has 0 spiro atoms. The molecule has 1 nitrogen and oxygen atoms in total. The van der Waals surface area contributed by atoms with Crippen LogP contribution in [0.5, 0.6) is 0 Å². The second-order valence-corrected chi connectivity index (χ2v) is 7.77. The summed E-state index contributed by atoms with van der Waals surface area (Å²) < 4.78 is 0. The molecule has 0 N–H and O–H groups in total. The fraction of sp³-hybridized carbons (Fsp3) is 0.160. The summed E-state index contributed by atoms with van der Waals surface area (Å²) in [4.78, 5) is 5.04. The summed E-state index contributed by atoms with van der Waals surface area (Å²) in [7, 11) is 0. The van der Waals surface area contributed by atoms with Gasteiger partial charge < -0.3 is 0 Å². The molecule has 0 amide bonds. The third-order valence-electron chi connectivity index (χ3n) is 4.83. The van der Waals surface area contributed by atoms with E-state index in [-0.39, 0.29) is 5.41 Å². The van der Waals surface area contributed by atoms with Crippen LogP contribution in [0.4, 0.5) is 0 Å². The first-order valence-corrected chi connectivity index (χ1v) is 9.08. The lowest BCUT2D eigenvalue weighted by atomic mass is 9.85. The predicted octanol–water partition coefficient (Wildman–Crippen LogP) is 6.87. The number of fused-ring (bicyclic) bond motifs is 1. The van der Waals surface area contributed by atoms with Crippen molar-refractivity contribution in [3.63, 3.8) is 0 Å². The van der Waals surface area contributed by atoms with Crippen LogP contribution < -0.4 is 0 Å². The van der Waals surface area contributed by atoms with Gasteiger partial charge in [0, 0.05) is 11.1 Å². The van der Waals surface area contributed by atoms with Gasteiger partial charge in [-0.25, -0.2) is 4.98 Å². The number of hydrogen-bond acceptors (Lipinski definition) is 1. The number of benzene rings is 3. The SMILES string of the molecule is CC(C)(C)c1cc(-c2ccccc2)nc(-c2cccc3ccccc23)c1. The first kappa shape index (κ1) is 16.5. The molecule has 0 atom stereocenters. The molecule has 0 bridgehead atoms. The van der Waals surface area contributed by atoms with Gasteiger partial charge in [0.25, 0.3) is 0 Å². The van der Waals surface area contributed by atoms with Crippen molar-refractivity contribution < 1.29 is 0 Å². The first-order valence-electron chi connectivity index (χ1n) is 9.08. The Labute approximate surface area is 155 Å². The van der Waals surface area contributed by atoms with Crippen LogP contribution in [0.2, 0.25) is 0 Å². The van der Waals surface area contributed by atoms with Crippen LogP contribution in [0.15, 0.2) is 84.9 Å². The van der Waals surface area contributed by atoms with E-state index in [1.165, 1.54) is 21.9 Å². The molecule has 0 aliphatic rings. The molecular formula is C25H23N. The third-order valence-corrected chi connectivity index (χ3v) is 4.83. The van der Waals surface area contributed by atoms with Crippen molar-refractivity contribution in [2.24, 2.45) is 0 Å². The van der Waals surface area contributed by atoms with Crippen LogP contribution in [-0.2, 0) is 5.41 Å². The van der Waals surface area contributed by atoms with E-state index in [0.717, 1.165) is 17.0 Å².